The normalized spacial score (nSPS) is 12.4. The lowest BCUT2D eigenvalue weighted by Crippen LogP contribution is -2.12. The third-order valence-electron chi connectivity index (χ3n) is 1.94. The zero-order valence-corrected chi connectivity index (χ0v) is 8.15. The summed E-state index contributed by atoms with van der Waals surface area (Å²) in [6, 6.07) is 0. The first kappa shape index (κ1) is 10.4. The van der Waals surface area contributed by atoms with Crippen molar-refractivity contribution in [2.24, 2.45) is 10.4 Å². The average molecular weight is 153 g/mol. The van der Waals surface area contributed by atoms with Gasteiger partial charge in [0.25, 0.3) is 0 Å². The topological polar surface area (TPSA) is 12.4 Å². The molecule has 0 saturated heterocycles. The minimum atomic E-state index is 0.168. The fraction of sp³-hybridized carbons (Fsp3) is 0.700. The van der Waals surface area contributed by atoms with E-state index in [1.165, 1.54) is 6.42 Å². The molecule has 0 spiro atoms. The molecule has 1 nitrogen and oxygen atoms in total. The molecule has 0 aliphatic heterocycles. The minimum Gasteiger partial charge on any atom is -0.266 e. The molecule has 0 heterocycles. The maximum absolute atomic E-state index is 4.20. The Labute approximate surface area is 70.2 Å². The second-order valence-corrected chi connectivity index (χ2v) is 3.47. The molecule has 0 atom stereocenters. The van der Waals surface area contributed by atoms with E-state index in [0.717, 1.165) is 12.1 Å². The quantitative estimate of drug-likeness (QED) is 0.549. The summed E-state index contributed by atoms with van der Waals surface area (Å²) in [4.78, 5) is 4.20. The highest BCUT2D eigenvalue weighted by Gasteiger charge is 2.19. The van der Waals surface area contributed by atoms with Gasteiger partial charge in [0, 0.05) is 17.3 Å². The molecule has 64 valence electrons. The predicted octanol–water partition coefficient (Wildman–Crippen LogP) is 3.42. The molecule has 0 aliphatic carbocycles. The number of hydrogen-bond acceptors (Lipinski definition) is 1. The van der Waals surface area contributed by atoms with E-state index in [2.05, 4.69) is 32.3 Å². The van der Waals surface area contributed by atoms with Crippen LogP contribution >= 0.6 is 0 Å². The van der Waals surface area contributed by atoms with Crippen LogP contribution in [-0.4, -0.2) is 6.21 Å². The van der Waals surface area contributed by atoms with E-state index in [1.807, 2.05) is 6.92 Å². The Morgan fingerprint density at radius 2 is 2.09 bits per heavy atom. The largest absolute Gasteiger partial charge is 0.266 e. The van der Waals surface area contributed by atoms with Gasteiger partial charge in [0.05, 0.1) is 0 Å². The Balaban J connectivity index is 4.17. The highest BCUT2D eigenvalue weighted by molar-refractivity contribution is 5.55. The van der Waals surface area contributed by atoms with Crippen LogP contribution in [0.25, 0.3) is 0 Å². The van der Waals surface area contributed by atoms with Crippen LogP contribution in [0.3, 0.4) is 0 Å². The molecular formula is C10H19N. The van der Waals surface area contributed by atoms with E-state index in [1.54, 1.807) is 6.21 Å². The highest BCUT2D eigenvalue weighted by Crippen LogP contribution is 2.30. The molecule has 0 aliphatic rings. The standard InChI is InChI=1S/C10H19N/c1-6-8-10(4,5)9(3)11-7-2/h7H,3,6,8H2,1-2,4-5H3. The van der Waals surface area contributed by atoms with Crippen LogP contribution in [0.15, 0.2) is 17.3 Å². The van der Waals surface area contributed by atoms with Crippen LogP contribution < -0.4 is 0 Å². The summed E-state index contributed by atoms with van der Waals surface area (Å²) in [6.07, 6.45) is 4.15. The first-order chi connectivity index (χ1) is 5.04. The maximum Gasteiger partial charge on any atom is 0.0384 e. The Kier molecular flexibility index (Phi) is 4.09. The second kappa shape index (κ2) is 4.32. The van der Waals surface area contributed by atoms with Crippen molar-refractivity contribution >= 4 is 6.21 Å². The van der Waals surface area contributed by atoms with Crippen molar-refractivity contribution in [3.63, 3.8) is 0 Å². The minimum absolute atomic E-state index is 0.168. The van der Waals surface area contributed by atoms with Crippen LogP contribution in [0.5, 0.6) is 0 Å². The van der Waals surface area contributed by atoms with Crippen molar-refractivity contribution in [2.45, 2.75) is 40.5 Å². The molecule has 0 bridgehead atoms. The number of nitrogens with zero attached hydrogens (tertiary/aromatic N) is 1. The van der Waals surface area contributed by atoms with E-state index in [-0.39, 0.29) is 5.41 Å². The molecule has 0 radical (unpaired) electrons. The van der Waals surface area contributed by atoms with Crippen molar-refractivity contribution in [1.29, 1.82) is 0 Å². The summed E-state index contributed by atoms with van der Waals surface area (Å²) in [5, 5.41) is 0. The number of allylic oxidation sites excluding steroid dienone is 1. The van der Waals surface area contributed by atoms with Gasteiger partial charge in [-0.15, -0.1) is 0 Å². The zero-order chi connectivity index (χ0) is 8.91. The molecule has 0 aromatic heterocycles. The fourth-order valence-electron chi connectivity index (χ4n) is 1.10. The van der Waals surface area contributed by atoms with E-state index in [9.17, 15) is 0 Å². The van der Waals surface area contributed by atoms with Crippen LogP contribution in [0.4, 0.5) is 0 Å². The smallest absolute Gasteiger partial charge is 0.0384 e. The Morgan fingerprint density at radius 1 is 1.55 bits per heavy atom. The van der Waals surface area contributed by atoms with Crippen molar-refractivity contribution < 1.29 is 0 Å². The van der Waals surface area contributed by atoms with Crippen molar-refractivity contribution in [3.8, 4) is 0 Å². The zero-order valence-electron chi connectivity index (χ0n) is 8.15. The first-order valence-corrected chi connectivity index (χ1v) is 4.22. The molecule has 0 N–H and O–H groups in total. The molecule has 0 aromatic carbocycles. The average Bonchev–Trinajstić information content (AvgIpc) is 1.88. The summed E-state index contributed by atoms with van der Waals surface area (Å²) < 4.78 is 0. The summed E-state index contributed by atoms with van der Waals surface area (Å²) in [6.45, 7) is 12.4. The molecule has 0 aromatic rings. The van der Waals surface area contributed by atoms with Gasteiger partial charge in [-0.1, -0.05) is 33.8 Å². The number of hydrogen-bond donors (Lipinski definition) is 0. The molecule has 0 amide bonds. The lowest BCUT2D eigenvalue weighted by molar-refractivity contribution is 0.401. The van der Waals surface area contributed by atoms with Crippen molar-refractivity contribution in [3.05, 3.63) is 12.3 Å². The highest BCUT2D eigenvalue weighted by atomic mass is 14.7. The summed E-state index contributed by atoms with van der Waals surface area (Å²) in [5.41, 5.74) is 1.16. The Hall–Kier alpha value is -0.590. The third-order valence-corrected chi connectivity index (χ3v) is 1.94. The molecule has 0 rings (SSSR count). The van der Waals surface area contributed by atoms with Gasteiger partial charge in [-0.25, -0.2) is 0 Å². The SMILES string of the molecule is C=C(N=CC)C(C)(C)CCC. The van der Waals surface area contributed by atoms with Gasteiger partial charge < -0.3 is 0 Å². The van der Waals surface area contributed by atoms with E-state index in [4.69, 9.17) is 0 Å². The van der Waals surface area contributed by atoms with Gasteiger partial charge in [-0.05, 0) is 13.3 Å². The van der Waals surface area contributed by atoms with Crippen LogP contribution in [-0.2, 0) is 0 Å². The van der Waals surface area contributed by atoms with Crippen LogP contribution in [0.1, 0.15) is 40.5 Å². The number of aliphatic imine (C=N–C) groups is 1. The van der Waals surface area contributed by atoms with Crippen LogP contribution in [0.2, 0.25) is 0 Å². The van der Waals surface area contributed by atoms with E-state index >= 15 is 0 Å². The molecule has 1 heteroatoms. The van der Waals surface area contributed by atoms with E-state index < -0.39 is 0 Å². The maximum atomic E-state index is 4.20. The van der Waals surface area contributed by atoms with Crippen LogP contribution in [0, 0.1) is 5.41 Å². The first-order valence-electron chi connectivity index (χ1n) is 4.22. The van der Waals surface area contributed by atoms with Gasteiger partial charge in [-0.3, -0.25) is 4.99 Å². The third kappa shape index (κ3) is 3.35. The lowest BCUT2D eigenvalue weighted by Gasteiger charge is -2.23. The Morgan fingerprint density at radius 3 is 2.45 bits per heavy atom. The van der Waals surface area contributed by atoms with Gasteiger partial charge >= 0.3 is 0 Å². The summed E-state index contributed by atoms with van der Waals surface area (Å²) >= 11 is 0. The van der Waals surface area contributed by atoms with Crippen molar-refractivity contribution in [1.82, 2.24) is 0 Å². The molecule has 0 unspecified atom stereocenters. The molecule has 0 saturated carbocycles. The second-order valence-electron chi connectivity index (χ2n) is 3.47. The van der Waals surface area contributed by atoms with Gasteiger partial charge in [0.1, 0.15) is 0 Å². The molecule has 0 fully saturated rings. The summed E-state index contributed by atoms with van der Waals surface area (Å²) in [5.74, 6) is 0. The monoisotopic (exact) mass is 153 g/mol. The summed E-state index contributed by atoms with van der Waals surface area (Å²) in [7, 11) is 0. The predicted molar refractivity (Wildman–Crippen MR) is 52.0 cm³/mol. The van der Waals surface area contributed by atoms with E-state index in [0.29, 0.717) is 0 Å². The van der Waals surface area contributed by atoms with Crippen molar-refractivity contribution in [2.75, 3.05) is 0 Å². The number of rotatable bonds is 4. The van der Waals surface area contributed by atoms with Gasteiger partial charge in [0.15, 0.2) is 0 Å². The molecule has 11 heavy (non-hydrogen) atoms. The fourth-order valence-corrected chi connectivity index (χ4v) is 1.10. The van der Waals surface area contributed by atoms with Gasteiger partial charge in [0.2, 0.25) is 0 Å². The lowest BCUT2D eigenvalue weighted by atomic mass is 9.85. The molecular weight excluding hydrogens is 134 g/mol. The Bertz CT molecular complexity index is 154. The van der Waals surface area contributed by atoms with Gasteiger partial charge in [-0.2, -0.15) is 0 Å².